The van der Waals surface area contributed by atoms with Crippen LogP contribution in [0.1, 0.15) is 0 Å². The topological polar surface area (TPSA) is 57.5 Å². The average molecular weight is 210 g/mol. The summed E-state index contributed by atoms with van der Waals surface area (Å²) in [6.45, 7) is 0. The first-order valence-corrected chi connectivity index (χ1v) is 6.92. The average Bonchev–Trinajstić information content (AvgIpc) is 0.722. The minimum absolute atomic E-state index is 3.57. The van der Waals surface area contributed by atoms with Crippen molar-refractivity contribution in [1.82, 2.24) is 0 Å². The van der Waals surface area contributed by atoms with Gasteiger partial charge in [0.25, 0.3) is 0 Å². The molecule has 0 amide bonds. The van der Waals surface area contributed by atoms with Gasteiger partial charge in [0.2, 0.25) is 0 Å². The summed E-state index contributed by atoms with van der Waals surface area (Å²) in [4.78, 5) is 0. The summed E-state index contributed by atoms with van der Waals surface area (Å²) in [5, 5.41) is 0. The molecule has 0 rings (SSSR count). The van der Waals surface area contributed by atoms with Crippen LogP contribution >= 0.6 is 9.34 Å². The van der Waals surface area contributed by atoms with Crippen molar-refractivity contribution in [3.8, 4) is 0 Å². The summed E-state index contributed by atoms with van der Waals surface area (Å²) < 4.78 is 24.3. The van der Waals surface area contributed by atoms with E-state index in [2.05, 4.69) is 9.34 Å². The van der Waals surface area contributed by atoms with E-state index in [4.69, 9.17) is 6.94 Å². The van der Waals surface area contributed by atoms with E-state index in [1.165, 1.54) is 0 Å². The Balaban J connectivity index is 4.06. The van der Waals surface area contributed by atoms with Crippen molar-refractivity contribution in [1.29, 1.82) is 0 Å². The van der Waals surface area contributed by atoms with Gasteiger partial charge in [-0.3, -0.25) is 0 Å². The van der Waals surface area contributed by atoms with Crippen LogP contribution in [0.15, 0.2) is 0 Å². The van der Waals surface area contributed by atoms with Gasteiger partial charge in [-0.2, -0.15) is 0 Å². The van der Waals surface area contributed by atoms with Crippen molar-refractivity contribution in [2.24, 2.45) is 0 Å². The molecular formula is H2O3STe. The first-order chi connectivity index (χ1) is 2.00. The van der Waals surface area contributed by atoms with Gasteiger partial charge in [-0.1, -0.05) is 0 Å². The van der Waals surface area contributed by atoms with Gasteiger partial charge in [0.05, 0.1) is 0 Å². The SMILES string of the molecule is O=[Te](O)(O)=S. The number of rotatable bonds is 0. The first kappa shape index (κ1) is 5.73. The maximum atomic E-state index is 9.22. The monoisotopic (exact) mass is 212 g/mol. The van der Waals surface area contributed by atoms with Crippen molar-refractivity contribution in [3.05, 3.63) is 0 Å². The molecule has 0 aromatic carbocycles. The third-order valence-corrected chi connectivity index (χ3v) is 0. The molecule has 0 aromatic rings. The maximum absolute atomic E-state index is 9.22. The molecule has 5 heavy (non-hydrogen) atoms. The summed E-state index contributed by atoms with van der Waals surface area (Å²) in [5.74, 6) is 0. The van der Waals surface area contributed by atoms with Crippen LogP contribution in [0.4, 0.5) is 0 Å². The third-order valence-electron chi connectivity index (χ3n) is 0. The molecule has 5 heteroatoms. The van der Waals surface area contributed by atoms with Gasteiger partial charge in [0, 0.05) is 0 Å². The van der Waals surface area contributed by atoms with E-state index in [0.29, 0.717) is 0 Å². The van der Waals surface area contributed by atoms with E-state index in [-0.39, 0.29) is 0 Å². The second kappa shape index (κ2) is 1.45. The van der Waals surface area contributed by atoms with Crippen LogP contribution in [-0.4, -0.2) is 24.0 Å². The van der Waals surface area contributed by atoms with Gasteiger partial charge in [-0.15, -0.1) is 0 Å². The summed E-state index contributed by atoms with van der Waals surface area (Å²) in [6, 6.07) is 0. The molecule has 0 saturated heterocycles. The Bertz CT molecular complexity index is 90.1. The van der Waals surface area contributed by atoms with Gasteiger partial charge in [0.1, 0.15) is 0 Å². The van der Waals surface area contributed by atoms with Gasteiger partial charge < -0.3 is 0 Å². The van der Waals surface area contributed by atoms with E-state index in [1.54, 1.807) is 0 Å². The second-order valence-corrected chi connectivity index (χ2v) is 5.92. The molecule has 0 fully saturated rings. The first-order valence-electron chi connectivity index (χ1n) is 0.698. The molecule has 0 saturated carbocycles. The molecule has 0 unspecified atom stereocenters. The number of hydrogen-bond acceptors (Lipinski definition) is 2. The van der Waals surface area contributed by atoms with Crippen LogP contribution in [0.25, 0.3) is 0 Å². The summed E-state index contributed by atoms with van der Waals surface area (Å²) in [6.07, 6.45) is 0. The molecule has 32 valence electrons. The molecule has 2 N–H and O–H groups in total. The third kappa shape index (κ3) is 66.2. The second-order valence-electron chi connectivity index (χ2n) is 0.448. The predicted molar refractivity (Wildman–Crippen MR) is 18.5 cm³/mol. The standard InChI is InChI=1S/H2O3STe/c1-5(2,3)4/h(H2,1,2,3,4). The molecular weight excluding hydrogens is 208 g/mol. The van der Waals surface area contributed by atoms with Crippen molar-refractivity contribution in [2.45, 2.75) is 0 Å². The van der Waals surface area contributed by atoms with Crippen LogP contribution in [-0.2, 0) is 3.10 Å². The predicted octanol–water partition coefficient (Wildman–Crippen LogP) is -0.965. The Morgan fingerprint density at radius 2 is 1.60 bits per heavy atom. The van der Waals surface area contributed by atoms with Crippen LogP contribution in [0.5, 0.6) is 0 Å². The minimum atomic E-state index is -4.69. The molecule has 0 atom stereocenters. The molecule has 0 aliphatic carbocycles. The zero-order valence-corrected chi connectivity index (χ0v) is 5.27. The Kier molecular flexibility index (Phi) is 1.66. The fraction of sp³-hybridized carbons (Fsp3) is 0. The zero-order valence-electron chi connectivity index (χ0n) is 2.12. The molecule has 0 aliphatic heterocycles. The zero-order chi connectivity index (χ0) is 4.50. The van der Waals surface area contributed by atoms with Gasteiger partial charge in [-0.25, -0.2) is 0 Å². The normalized spacial score (nSPS) is 11.6. The molecule has 0 aromatic heterocycles. The fourth-order valence-corrected chi connectivity index (χ4v) is 0. The van der Waals surface area contributed by atoms with Gasteiger partial charge >= 0.3 is 36.4 Å². The Morgan fingerprint density at radius 1 is 1.60 bits per heavy atom. The molecule has 0 spiro atoms. The molecule has 0 bridgehead atoms. The molecule has 0 aliphatic rings. The van der Waals surface area contributed by atoms with Crippen LogP contribution in [0.2, 0.25) is 0 Å². The van der Waals surface area contributed by atoms with E-state index in [1.807, 2.05) is 0 Å². The molecule has 3 nitrogen and oxygen atoms in total. The van der Waals surface area contributed by atoms with E-state index >= 15 is 0 Å². The number of hydrogen-bond donors (Lipinski definition) is 2. The molecule has 0 radical (unpaired) electrons. The van der Waals surface area contributed by atoms with Crippen LogP contribution < -0.4 is 0 Å². The van der Waals surface area contributed by atoms with Crippen molar-refractivity contribution in [2.75, 3.05) is 0 Å². The van der Waals surface area contributed by atoms with E-state index in [9.17, 15) is 3.10 Å². The Morgan fingerprint density at radius 3 is 1.60 bits per heavy atom. The summed E-state index contributed by atoms with van der Waals surface area (Å²) in [5.41, 5.74) is 0. The van der Waals surface area contributed by atoms with Gasteiger partial charge in [0.15, 0.2) is 0 Å². The summed E-state index contributed by atoms with van der Waals surface area (Å²) in [7, 11) is 3.57. The Labute approximate surface area is 36.7 Å². The van der Waals surface area contributed by atoms with Crippen molar-refractivity contribution < 1.29 is 10.0 Å². The van der Waals surface area contributed by atoms with Crippen molar-refractivity contribution >= 4 is 26.4 Å². The van der Waals surface area contributed by atoms with E-state index < -0.39 is 17.1 Å². The quantitative estimate of drug-likeness (QED) is 0.505. The van der Waals surface area contributed by atoms with Crippen molar-refractivity contribution in [3.63, 3.8) is 0 Å². The van der Waals surface area contributed by atoms with Crippen LogP contribution in [0.3, 0.4) is 0 Å². The molecule has 0 heterocycles. The fourth-order valence-electron chi connectivity index (χ4n) is 0. The Hall–Kier alpha value is 0.730. The van der Waals surface area contributed by atoms with Crippen LogP contribution in [0, 0.1) is 0 Å². The van der Waals surface area contributed by atoms with E-state index in [0.717, 1.165) is 0 Å². The van der Waals surface area contributed by atoms with Gasteiger partial charge in [-0.05, 0) is 0 Å². The summed E-state index contributed by atoms with van der Waals surface area (Å²) >= 11 is -4.69.